The highest BCUT2D eigenvalue weighted by Gasteiger charge is 2.11. The zero-order valence-electron chi connectivity index (χ0n) is 11.3. The third-order valence-corrected chi connectivity index (χ3v) is 3.50. The van der Waals surface area contributed by atoms with E-state index >= 15 is 0 Å². The lowest BCUT2D eigenvalue weighted by molar-refractivity contribution is -0.126. The summed E-state index contributed by atoms with van der Waals surface area (Å²) in [5, 5.41) is 0. The minimum absolute atomic E-state index is 0.115. The van der Waals surface area contributed by atoms with Gasteiger partial charge >= 0.3 is 0 Å². The number of benzene rings is 1. The molecule has 2 N–H and O–H groups in total. The highest BCUT2D eigenvalue weighted by Crippen LogP contribution is 2.12. The number of carbonyl (C=O) groups excluding carboxylic acids is 1. The summed E-state index contributed by atoms with van der Waals surface area (Å²) in [5.41, 5.74) is 7.41. The van der Waals surface area contributed by atoms with Gasteiger partial charge in [0.05, 0.1) is 0 Å². The normalized spacial score (nSPS) is 17.2. The Morgan fingerprint density at radius 2 is 1.79 bits per heavy atom. The van der Waals surface area contributed by atoms with Gasteiger partial charge in [0.1, 0.15) is 0 Å². The number of anilines is 1. The third-order valence-electron chi connectivity index (χ3n) is 3.50. The van der Waals surface area contributed by atoms with E-state index in [4.69, 9.17) is 5.73 Å². The van der Waals surface area contributed by atoms with Gasteiger partial charge in [-0.2, -0.15) is 0 Å². The molecule has 0 aromatic heterocycles. The fourth-order valence-electron chi connectivity index (χ4n) is 2.40. The molecule has 0 radical (unpaired) electrons. The van der Waals surface area contributed by atoms with Gasteiger partial charge < -0.3 is 10.6 Å². The number of amides is 1. The molecule has 2 rings (SSSR count). The summed E-state index contributed by atoms with van der Waals surface area (Å²) in [6.45, 7) is 1.78. The van der Waals surface area contributed by atoms with E-state index < -0.39 is 0 Å². The lowest BCUT2D eigenvalue weighted by Gasteiger charge is -2.23. The maximum absolute atomic E-state index is 12.1. The van der Waals surface area contributed by atoms with Crippen LogP contribution in [-0.4, -0.2) is 23.9 Å². The van der Waals surface area contributed by atoms with Crippen molar-refractivity contribution < 1.29 is 4.79 Å². The second-order valence-electron chi connectivity index (χ2n) is 5.10. The van der Waals surface area contributed by atoms with Crippen LogP contribution in [0.3, 0.4) is 0 Å². The predicted molar refractivity (Wildman–Crippen MR) is 79.6 cm³/mol. The molecule has 1 heterocycles. The number of hydrogen-bond donors (Lipinski definition) is 1. The predicted octanol–water partition coefficient (Wildman–Crippen LogP) is 3.07. The SMILES string of the molecule is Nc1cccc(/C=C/C(=O)N2CCCCCCC2)c1. The van der Waals surface area contributed by atoms with E-state index in [1.54, 1.807) is 6.08 Å². The van der Waals surface area contributed by atoms with Crippen LogP contribution in [0.15, 0.2) is 30.3 Å². The first-order chi connectivity index (χ1) is 9.25. The van der Waals surface area contributed by atoms with E-state index in [0.29, 0.717) is 0 Å². The fraction of sp³-hybridized carbons (Fsp3) is 0.438. The van der Waals surface area contributed by atoms with E-state index in [1.165, 1.54) is 19.3 Å². The average Bonchev–Trinajstić information content (AvgIpc) is 2.36. The van der Waals surface area contributed by atoms with E-state index in [2.05, 4.69) is 0 Å². The number of hydrogen-bond acceptors (Lipinski definition) is 2. The van der Waals surface area contributed by atoms with Crippen molar-refractivity contribution in [3.05, 3.63) is 35.9 Å². The van der Waals surface area contributed by atoms with Crippen LogP contribution in [0.4, 0.5) is 5.69 Å². The Balaban J connectivity index is 1.95. The molecule has 0 aliphatic carbocycles. The summed E-state index contributed by atoms with van der Waals surface area (Å²) in [6, 6.07) is 7.57. The molecule has 1 aromatic carbocycles. The maximum Gasteiger partial charge on any atom is 0.246 e. The summed E-state index contributed by atoms with van der Waals surface area (Å²) < 4.78 is 0. The average molecular weight is 258 g/mol. The second kappa shape index (κ2) is 6.98. The molecule has 102 valence electrons. The Labute approximate surface area is 115 Å². The van der Waals surface area contributed by atoms with Crippen LogP contribution < -0.4 is 5.73 Å². The molecule has 3 heteroatoms. The van der Waals surface area contributed by atoms with Crippen LogP contribution in [0.25, 0.3) is 6.08 Å². The molecule has 0 bridgehead atoms. The molecule has 3 nitrogen and oxygen atoms in total. The molecule has 1 aromatic rings. The highest BCUT2D eigenvalue weighted by molar-refractivity contribution is 5.91. The van der Waals surface area contributed by atoms with Crippen LogP contribution in [0.5, 0.6) is 0 Å². The van der Waals surface area contributed by atoms with Gasteiger partial charge in [-0.3, -0.25) is 4.79 Å². The number of nitrogens with zero attached hydrogens (tertiary/aromatic N) is 1. The van der Waals surface area contributed by atoms with Crippen molar-refractivity contribution in [2.24, 2.45) is 0 Å². The monoisotopic (exact) mass is 258 g/mol. The van der Waals surface area contributed by atoms with Crippen molar-refractivity contribution in [1.82, 2.24) is 4.90 Å². The third kappa shape index (κ3) is 4.43. The number of nitrogen functional groups attached to an aromatic ring is 1. The smallest absolute Gasteiger partial charge is 0.246 e. The topological polar surface area (TPSA) is 46.3 Å². The summed E-state index contributed by atoms with van der Waals surface area (Å²) in [7, 11) is 0. The Bertz CT molecular complexity index is 446. The molecule has 1 aliphatic heterocycles. The van der Waals surface area contributed by atoms with Crippen molar-refractivity contribution in [3.8, 4) is 0 Å². The van der Waals surface area contributed by atoms with Gasteiger partial charge in [-0.1, -0.05) is 31.4 Å². The first-order valence-corrected chi connectivity index (χ1v) is 7.08. The van der Waals surface area contributed by atoms with E-state index in [9.17, 15) is 4.79 Å². The molecule has 0 atom stereocenters. The summed E-state index contributed by atoms with van der Waals surface area (Å²) >= 11 is 0. The molecule has 0 spiro atoms. The Kier molecular flexibility index (Phi) is 5.01. The van der Waals surface area contributed by atoms with Crippen molar-refractivity contribution >= 4 is 17.7 Å². The largest absolute Gasteiger partial charge is 0.399 e. The zero-order chi connectivity index (χ0) is 13.5. The summed E-state index contributed by atoms with van der Waals surface area (Å²) in [4.78, 5) is 14.1. The van der Waals surface area contributed by atoms with Crippen molar-refractivity contribution in [1.29, 1.82) is 0 Å². The van der Waals surface area contributed by atoms with Crippen LogP contribution in [0.1, 0.15) is 37.7 Å². The molecule has 1 aliphatic rings. The molecular formula is C16H22N2O. The first kappa shape index (κ1) is 13.7. The molecule has 1 fully saturated rings. The molecule has 0 unspecified atom stereocenters. The Hall–Kier alpha value is -1.77. The van der Waals surface area contributed by atoms with Crippen molar-refractivity contribution in [2.45, 2.75) is 32.1 Å². The van der Waals surface area contributed by atoms with Crippen molar-refractivity contribution in [2.75, 3.05) is 18.8 Å². The van der Waals surface area contributed by atoms with E-state index in [0.717, 1.165) is 37.2 Å². The van der Waals surface area contributed by atoms with Crippen LogP contribution in [0, 0.1) is 0 Å². The molecular weight excluding hydrogens is 236 g/mol. The fourth-order valence-corrected chi connectivity index (χ4v) is 2.40. The number of carbonyl (C=O) groups is 1. The van der Waals surface area contributed by atoms with Crippen LogP contribution in [0.2, 0.25) is 0 Å². The summed E-state index contributed by atoms with van der Waals surface area (Å²) in [5.74, 6) is 0.115. The number of likely N-dealkylation sites (tertiary alicyclic amines) is 1. The minimum Gasteiger partial charge on any atom is -0.399 e. The molecule has 1 amide bonds. The minimum atomic E-state index is 0.115. The van der Waals surface area contributed by atoms with E-state index in [1.807, 2.05) is 35.2 Å². The van der Waals surface area contributed by atoms with Crippen molar-refractivity contribution in [3.63, 3.8) is 0 Å². The van der Waals surface area contributed by atoms with Gasteiger partial charge in [0.2, 0.25) is 5.91 Å². The quantitative estimate of drug-likeness (QED) is 0.654. The van der Waals surface area contributed by atoms with Gasteiger partial charge in [-0.05, 0) is 36.6 Å². The number of rotatable bonds is 2. The standard InChI is InChI=1S/C16H22N2O/c17-15-8-6-7-14(13-15)9-10-16(19)18-11-4-2-1-3-5-12-18/h6-10,13H,1-5,11-12,17H2/b10-9+. The lowest BCUT2D eigenvalue weighted by atomic mass is 10.1. The second-order valence-corrected chi connectivity index (χ2v) is 5.10. The van der Waals surface area contributed by atoms with E-state index in [-0.39, 0.29) is 5.91 Å². The Morgan fingerprint density at radius 3 is 2.47 bits per heavy atom. The van der Waals surface area contributed by atoms with Gasteiger partial charge in [0, 0.05) is 24.9 Å². The van der Waals surface area contributed by atoms with Crippen LogP contribution >= 0.6 is 0 Å². The van der Waals surface area contributed by atoms with Gasteiger partial charge in [-0.25, -0.2) is 0 Å². The Morgan fingerprint density at radius 1 is 1.11 bits per heavy atom. The molecule has 0 saturated carbocycles. The molecule has 19 heavy (non-hydrogen) atoms. The van der Waals surface area contributed by atoms with Gasteiger partial charge in [0.15, 0.2) is 0 Å². The highest BCUT2D eigenvalue weighted by atomic mass is 16.2. The summed E-state index contributed by atoms with van der Waals surface area (Å²) in [6.07, 6.45) is 9.54. The van der Waals surface area contributed by atoms with Crippen LogP contribution in [-0.2, 0) is 4.79 Å². The maximum atomic E-state index is 12.1. The number of nitrogens with two attached hydrogens (primary N) is 1. The lowest BCUT2D eigenvalue weighted by Crippen LogP contribution is -2.32. The van der Waals surface area contributed by atoms with Gasteiger partial charge in [-0.15, -0.1) is 0 Å². The zero-order valence-corrected chi connectivity index (χ0v) is 11.3. The first-order valence-electron chi connectivity index (χ1n) is 7.08. The van der Waals surface area contributed by atoms with Gasteiger partial charge in [0.25, 0.3) is 0 Å². The molecule has 1 saturated heterocycles.